The van der Waals surface area contributed by atoms with Crippen molar-refractivity contribution in [2.75, 3.05) is 27.3 Å². The molecule has 3 nitrogen and oxygen atoms in total. The highest BCUT2D eigenvalue weighted by atomic mass is 19.1. The lowest BCUT2D eigenvalue weighted by Gasteiger charge is -2.16. The number of ether oxygens (including phenoxy) is 1. The summed E-state index contributed by atoms with van der Waals surface area (Å²) in [4.78, 5) is 1.95. The Morgan fingerprint density at radius 1 is 1.50 bits per heavy atom. The SMILES string of the molecule is COCCN(C)Cc1cccc(C#N)c1F. The molecule has 0 radical (unpaired) electrons. The van der Waals surface area contributed by atoms with Gasteiger partial charge in [0.2, 0.25) is 0 Å². The van der Waals surface area contributed by atoms with E-state index in [1.807, 2.05) is 18.0 Å². The van der Waals surface area contributed by atoms with E-state index in [2.05, 4.69) is 0 Å². The van der Waals surface area contributed by atoms with Crippen LogP contribution >= 0.6 is 0 Å². The van der Waals surface area contributed by atoms with Gasteiger partial charge in [0.05, 0.1) is 12.2 Å². The maximum Gasteiger partial charge on any atom is 0.145 e. The molecule has 0 atom stereocenters. The van der Waals surface area contributed by atoms with Crippen molar-refractivity contribution in [3.05, 3.63) is 35.1 Å². The van der Waals surface area contributed by atoms with Crippen molar-refractivity contribution in [2.24, 2.45) is 0 Å². The van der Waals surface area contributed by atoms with Gasteiger partial charge in [-0.2, -0.15) is 5.26 Å². The molecular weight excluding hydrogens is 207 g/mol. The first-order valence-corrected chi connectivity index (χ1v) is 5.04. The van der Waals surface area contributed by atoms with Gasteiger partial charge in [0.15, 0.2) is 0 Å². The van der Waals surface area contributed by atoms with E-state index in [-0.39, 0.29) is 5.56 Å². The van der Waals surface area contributed by atoms with E-state index >= 15 is 0 Å². The second kappa shape index (κ2) is 6.21. The van der Waals surface area contributed by atoms with Crippen LogP contribution in [0.4, 0.5) is 4.39 Å². The maximum atomic E-state index is 13.7. The number of nitriles is 1. The van der Waals surface area contributed by atoms with Crippen molar-refractivity contribution in [3.8, 4) is 6.07 Å². The fourth-order valence-corrected chi connectivity index (χ4v) is 1.41. The summed E-state index contributed by atoms with van der Waals surface area (Å²) in [7, 11) is 3.52. The molecule has 0 saturated heterocycles. The van der Waals surface area contributed by atoms with Crippen LogP contribution in [0.3, 0.4) is 0 Å². The highest BCUT2D eigenvalue weighted by molar-refractivity contribution is 5.34. The van der Waals surface area contributed by atoms with Crippen molar-refractivity contribution >= 4 is 0 Å². The summed E-state index contributed by atoms with van der Waals surface area (Å²) >= 11 is 0. The van der Waals surface area contributed by atoms with E-state index in [9.17, 15) is 4.39 Å². The Balaban J connectivity index is 2.70. The monoisotopic (exact) mass is 222 g/mol. The number of halogens is 1. The van der Waals surface area contributed by atoms with Crippen LogP contribution in [0.2, 0.25) is 0 Å². The zero-order valence-corrected chi connectivity index (χ0v) is 9.53. The molecule has 1 rings (SSSR count). The van der Waals surface area contributed by atoms with Gasteiger partial charge < -0.3 is 4.74 Å². The predicted octanol–water partition coefficient (Wildman–Crippen LogP) is 1.78. The lowest BCUT2D eigenvalue weighted by Crippen LogP contribution is -2.23. The first-order chi connectivity index (χ1) is 7.69. The summed E-state index contributed by atoms with van der Waals surface area (Å²) in [6.07, 6.45) is 0. The highest BCUT2D eigenvalue weighted by Gasteiger charge is 2.09. The molecular formula is C12H15FN2O. The van der Waals surface area contributed by atoms with E-state index in [4.69, 9.17) is 10.00 Å². The molecule has 1 aromatic rings. The number of likely N-dealkylation sites (N-methyl/N-ethyl adjacent to an activating group) is 1. The molecule has 0 fully saturated rings. The summed E-state index contributed by atoms with van der Waals surface area (Å²) in [6.45, 7) is 1.81. The van der Waals surface area contributed by atoms with Crippen LogP contribution in [0.5, 0.6) is 0 Å². The van der Waals surface area contributed by atoms with Gasteiger partial charge in [-0.25, -0.2) is 4.39 Å². The summed E-state index contributed by atoms with van der Waals surface area (Å²) in [5.41, 5.74) is 0.635. The summed E-state index contributed by atoms with van der Waals surface area (Å²) in [5.74, 6) is -0.422. The van der Waals surface area contributed by atoms with Gasteiger partial charge in [-0.15, -0.1) is 0 Å². The minimum atomic E-state index is -0.422. The first kappa shape index (κ1) is 12.6. The molecule has 0 aliphatic carbocycles. The Morgan fingerprint density at radius 3 is 2.88 bits per heavy atom. The zero-order chi connectivity index (χ0) is 12.0. The fourth-order valence-electron chi connectivity index (χ4n) is 1.41. The summed E-state index contributed by atoms with van der Waals surface area (Å²) in [6, 6.07) is 6.70. The van der Waals surface area contributed by atoms with E-state index in [1.165, 1.54) is 6.07 Å². The van der Waals surface area contributed by atoms with Gasteiger partial charge in [-0.3, -0.25) is 4.90 Å². The number of nitrogens with zero attached hydrogens (tertiary/aromatic N) is 2. The Morgan fingerprint density at radius 2 is 2.25 bits per heavy atom. The molecule has 0 amide bonds. The van der Waals surface area contributed by atoms with Crippen LogP contribution < -0.4 is 0 Å². The summed E-state index contributed by atoms with van der Waals surface area (Å²) in [5, 5.41) is 8.69. The number of hydrogen-bond acceptors (Lipinski definition) is 3. The van der Waals surface area contributed by atoms with Crippen molar-refractivity contribution in [1.29, 1.82) is 5.26 Å². The van der Waals surface area contributed by atoms with Crippen LogP contribution in [0.15, 0.2) is 18.2 Å². The van der Waals surface area contributed by atoms with E-state index in [0.717, 1.165) is 6.54 Å². The van der Waals surface area contributed by atoms with Crippen LogP contribution in [0, 0.1) is 17.1 Å². The van der Waals surface area contributed by atoms with Gasteiger partial charge in [-0.1, -0.05) is 12.1 Å². The molecule has 86 valence electrons. The molecule has 0 heterocycles. The minimum Gasteiger partial charge on any atom is -0.383 e. The lowest BCUT2D eigenvalue weighted by molar-refractivity contribution is 0.158. The number of benzene rings is 1. The third kappa shape index (κ3) is 3.30. The Kier molecular flexibility index (Phi) is 4.90. The van der Waals surface area contributed by atoms with Crippen LogP contribution in [0.25, 0.3) is 0 Å². The molecule has 0 N–H and O–H groups in total. The average molecular weight is 222 g/mol. The molecule has 16 heavy (non-hydrogen) atoms. The molecule has 0 aliphatic rings. The van der Waals surface area contributed by atoms with Crippen LogP contribution in [-0.4, -0.2) is 32.2 Å². The van der Waals surface area contributed by atoms with E-state index in [0.29, 0.717) is 18.7 Å². The number of rotatable bonds is 5. The van der Waals surface area contributed by atoms with Crippen molar-refractivity contribution in [1.82, 2.24) is 4.90 Å². The van der Waals surface area contributed by atoms with E-state index in [1.54, 1.807) is 19.2 Å². The smallest absolute Gasteiger partial charge is 0.145 e. The van der Waals surface area contributed by atoms with Crippen molar-refractivity contribution in [2.45, 2.75) is 6.54 Å². The first-order valence-electron chi connectivity index (χ1n) is 5.04. The topological polar surface area (TPSA) is 36.3 Å². The average Bonchev–Trinajstić information content (AvgIpc) is 2.29. The van der Waals surface area contributed by atoms with Crippen molar-refractivity contribution < 1.29 is 9.13 Å². The molecule has 0 aliphatic heterocycles. The van der Waals surface area contributed by atoms with Gasteiger partial charge >= 0.3 is 0 Å². The minimum absolute atomic E-state index is 0.0950. The second-order valence-corrected chi connectivity index (χ2v) is 3.62. The maximum absolute atomic E-state index is 13.7. The Hall–Kier alpha value is -1.44. The quantitative estimate of drug-likeness (QED) is 0.761. The highest BCUT2D eigenvalue weighted by Crippen LogP contribution is 2.13. The third-order valence-corrected chi connectivity index (χ3v) is 2.32. The molecule has 0 bridgehead atoms. The fraction of sp³-hybridized carbons (Fsp3) is 0.417. The summed E-state index contributed by atoms with van der Waals surface area (Å²) < 4.78 is 18.6. The Bertz CT molecular complexity index is 387. The van der Waals surface area contributed by atoms with Gasteiger partial charge in [0, 0.05) is 25.8 Å². The largest absolute Gasteiger partial charge is 0.383 e. The second-order valence-electron chi connectivity index (χ2n) is 3.62. The van der Waals surface area contributed by atoms with Crippen molar-refractivity contribution in [3.63, 3.8) is 0 Å². The molecule has 0 spiro atoms. The van der Waals surface area contributed by atoms with Gasteiger partial charge in [-0.05, 0) is 13.1 Å². The molecule has 0 unspecified atom stereocenters. The lowest BCUT2D eigenvalue weighted by atomic mass is 10.1. The number of hydrogen-bond donors (Lipinski definition) is 0. The zero-order valence-electron chi connectivity index (χ0n) is 9.53. The standard InChI is InChI=1S/C12H15FN2O/c1-15(6-7-16-2)9-11-5-3-4-10(8-14)12(11)13/h3-5H,6-7,9H2,1-2H3. The number of methoxy groups -OCH3 is 1. The molecule has 4 heteroatoms. The van der Waals surface area contributed by atoms with Gasteiger partial charge in [0.25, 0.3) is 0 Å². The molecule has 0 aromatic heterocycles. The predicted molar refractivity (Wildman–Crippen MR) is 59.3 cm³/mol. The normalized spacial score (nSPS) is 10.4. The Labute approximate surface area is 95.1 Å². The molecule has 0 saturated carbocycles. The van der Waals surface area contributed by atoms with Crippen LogP contribution in [0.1, 0.15) is 11.1 Å². The van der Waals surface area contributed by atoms with E-state index < -0.39 is 5.82 Å². The van der Waals surface area contributed by atoms with Gasteiger partial charge in [0.1, 0.15) is 11.9 Å². The molecule has 1 aromatic carbocycles. The third-order valence-electron chi connectivity index (χ3n) is 2.32. The van der Waals surface area contributed by atoms with Crippen LogP contribution in [-0.2, 0) is 11.3 Å².